The lowest BCUT2D eigenvalue weighted by Gasteiger charge is -2.35. The topological polar surface area (TPSA) is 64.3 Å². The Bertz CT molecular complexity index is 238. The molecule has 4 heteroatoms. The number of carbonyl (C=O) groups is 1. The molecule has 3 N–H and O–H groups in total. The molecule has 100 valence electrons. The zero-order valence-corrected chi connectivity index (χ0v) is 11.2. The molecule has 4 nitrogen and oxygen atoms in total. The lowest BCUT2D eigenvalue weighted by molar-refractivity contribution is -0.141. The van der Waals surface area contributed by atoms with Crippen LogP contribution in [-0.4, -0.2) is 31.2 Å². The van der Waals surface area contributed by atoms with Crippen molar-refractivity contribution in [3.63, 3.8) is 0 Å². The first kappa shape index (κ1) is 14.5. The molecule has 0 aromatic carbocycles. The summed E-state index contributed by atoms with van der Waals surface area (Å²) in [5, 5.41) is 2.90. The summed E-state index contributed by atoms with van der Waals surface area (Å²) in [4.78, 5) is 11.7. The number of carbonyl (C=O) groups excluding carboxylic acids is 1. The van der Waals surface area contributed by atoms with Crippen molar-refractivity contribution >= 4 is 5.91 Å². The van der Waals surface area contributed by atoms with E-state index in [1.807, 2.05) is 6.92 Å². The Labute approximate surface area is 104 Å². The molecule has 1 aliphatic rings. The lowest BCUT2D eigenvalue weighted by atomic mass is 9.82. The smallest absolute Gasteiger partial charge is 0.248 e. The zero-order chi connectivity index (χ0) is 12.8. The first-order valence-corrected chi connectivity index (χ1v) is 6.66. The minimum atomic E-state index is -0.342. The molecule has 1 saturated carbocycles. The monoisotopic (exact) mass is 242 g/mol. The van der Waals surface area contributed by atoms with Crippen molar-refractivity contribution in [2.24, 2.45) is 17.6 Å². The normalized spacial score (nSPS) is 25.5. The summed E-state index contributed by atoms with van der Waals surface area (Å²) in [7, 11) is 0. The fourth-order valence-corrected chi connectivity index (χ4v) is 1.96. The molecule has 17 heavy (non-hydrogen) atoms. The Balaban J connectivity index is 2.10. The summed E-state index contributed by atoms with van der Waals surface area (Å²) in [6, 6.07) is 0. The van der Waals surface area contributed by atoms with Gasteiger partial charge in [-0.1, -0.05) is 13.8 Å². The molecule has 1 fully saturated rings. The van der Waals surface area contributed by atoms with Gasteiger partial charge in [-0.2, -0.15) is 0 Å². The second kappa shape index (κ2) is 6.97. The van der Waals surface area contributed by atoms with Crippen LogP contribution in [0.2, 0.25) is 0 Å². The molecule has 1 rings (SSSR count). The van der Waals surface area contributed by atoms with Crippen molar-refractivity contribution < 1.29 is 9.53 Å². The van der Waals surface area contributed by atoms with Gasteiger partial charge in [-0.05, 0) is 44.6 Å². The van der Waals surface area contributed by atoms with Gasteiger partial charge in [0.15, 0.2) is 0 Å². The van der Waals surface area contributed by atoms with Gasteiger partial charge in [0, 0.05) is 6.54 Å². The SMILES string of the molecule is CC(C)CCNC(=O)C(C)OC1CC(CN)C1. The van der Waals surface area contributed by atoms with E-state index in [0.29, 0.717) is 11.8 Å². The molecular weight excluding hydrogens is 216 g/mol. The molecule has 0 aromatic heterocycles. The van der Waals surface area contributed by atoms with E-state index in [4.69, 9.17) is 10.5 Å². The first-order chi connectivity index (χ1) is 8.02. The molecule has 1 amide bonds. The van der Waals surface area contributed by atoms with Gasteiger partial charge in [-0.25, -0.2) is 0 Å². The average molecular weight is 242 g/mol. The van der Waals surface area contributed by atoms with Crippen LogP contribution in [0.3, 0.4) is 0 Å². The largest absolute Gasteiger partial charge is 0.365 e. The van der Waals surface area contributed by atoms with Gasteiger partial charge in [0.05, 0.1) is 6.10 Å². The number of hydrogen-bond donors (Lipinski definition) is 2. The van der Waals surface area contributed by atoms with Gasteiger partial charge in [-0.3, -0.25) is 4.79 Å². The van der Waals surface area contributed by atoms with Crippen molar-refractivity contribution in [3.8, 4) is 0 Å². The van der Waals surface area contributed by atoms with Gasteiger partial charge in [0.1, 0.15) is 6.10 Å². The van der Waals surface area contributed by atoms with Crippen molar-refractivity contribution in [1.29, 1.82) is 0 Å². The highest BCUT2D eigenvalue weighted by atomic mass is 16.5. The van der Waals surface area contributed by atoms with E-state index >= 15 is 0 Å². The summed E-state index contributed by atoms with van der Waals surface area (Å²) >= 11 is 0. The molecule has 1 unspecified atom stereocenters. The summed E-state index contributed by atoms with van der Waals surface area (Å²) in [6.07, 6.45) is 2.90. The summed E-state index contributed by atoms with van der Waals surface area (Å²) < 4.78 is 5.67. The standard InChI is InChI=1S/C13H26N2O2/c1-9(2)4-5-15-13(16)10(3)17-12-6-11(7-12)8-14/h9-12H,4-8,14H2,1-3H3,(H,15,16). The van der Waals surface area contributed by atoms with Crippen LogP contribution in [-0.2, 0) is 9.53 Å². The van der Waals surface area contributed by atoms with Crippen molar-refractivity contribution in [2.45, 2.75) is 52.2 Å². The average Bonchev–Trinajstić information content (AvgIpc) is 2.21. The van der Waals surface area contributed by atoms with Crippen molar-refractivity contribution in [2.75, 3.05) is 13.1 Å². The highest BCUT2D eigenvalue weighted by molar-refractivity contribution is 5.80. The van der Waals surface area contributed by atoms with Crippen LogP contribution in [0.1, 0.15) is 40.0 Å². The van der Waals surface area contributed by atoms with Gasteiger partial charge in [-0.15, -0.1) is 0 Å². The van der Waals surface area contributed by atoms with E-state index < -0.39 is 0 Å². The fourth-order valence-electron chi connectivity index (χ4n) is 1.96. The number of rotatable bonds is 7. The van der Waals surface area contributed by atoms with Crippen LogP contribution in [0.15, 0.2) is 0 Å². The maximum absolute atomic E-state index is 11.7. The predicted octanol–water partition coefficient (Wildman–Crippen LogP) is 1.29. The predicted molar refractivity (Wildman–Crippen MR) is 68.6 cm³/mol. The fraction of sp³-hybridized carbons (Fsp3) is 0.923. The highest BCUT2D eigenvalue weighted by Gasteiger charge is 2.31. The maximum atomic E-state index is 11.7. The highest BCUT2D eigenvalue weighted by Crippen LogP contribution is 2.29. The molecular formula is C13H26N2O2. The molecule has 0 aliphatic heterocycles. The Morgan fingerprint density at radius 3 is 2.59 bits per heavy atom. The van der Waals surface area contributed by atoms with Crippen molar-refractivity contribution in [3.05, 3.63) is 0 Å². The number of ether oxygens (including phenoxy) is 1. The summed E-state index contributed by atoms with van der Waals surface area (Å²) in [5.74, 6) is 1.21. The van der Waals surface area contributed by atoms with E-state index in [0.717, 1.165) is 32.4 Å². The van der Waals surface area contributed by atoms with Crippen LogP contribution < -0.4 is 11.1 Å². The summed E-state index contributed by atoms with van der Waals surface area (Å²) in [5.41, 5.74) is 5.55. The van der Waals surface area contributed by atoms with E-state index in [9.17, 15) is 4.79 Å². The van der Waals surface area contributed by atoms with Crippen LogP contribution in [0.5, 0.6) is 0 Å². The quantitative estimate of drug-likeness (QED) is 0.707. The minimum Gasteiger partial charge on any atom is -0.365 e. The Morgan fingerprint density at radius 1 is 1.41 bits per heavy atom. The van der Waals surface area contributed by atoms with Gasteiger partial charge < -0.3 is 15.8 Å². The Morgan fingerprint density at radius 2 is 2.06 bits per heavy atom. The Hall–Kier alpha value is -0.610. The second-order valence-electron chi connectivity index (χ2n) is 5.45. The molecule has 0 radical (unpaired) electrons. The van der Waals surface area contributed by atoms with Gasteiger partial charge in [0.2, 0.25) is 5.91 Å². The minimum absolute atomic E-state index is 0.00171. The second-order valence-corrected chi connectivity index (χ2v) is 5.45. The molecule has 0 saturated heterocycles. The molecule has 1 aliphatic carbocycles. The van der Waals surface area contributed by atoms with Crippen LogP contribution in [0, 0.1) is 11.8 Å². The third-order valence-electron chi connectivity index (χ3n) is 3.31. The number of amides is 1. The molecule has 0 bridgehead atoms. The van der Waals surface area contributed by atoms with E-state index in [-0.39, 0.29) is 18.1 Å². The number of nitrogens with one attached hydrogen (secondary N) is 1. The zero-order valence-electron chi connectivity index (χ0n) is 11.2. The van der Waals surface area contributed by atoms with E-state index in [1.54, 1.807) is 0 Å². The Kier molecular flexibility index (Phi) is 5.92. The lowest BCUT2D eigenvalue weighted by Crippen LogP contribution is -2.42. The third kappa shape index (κ3) is 5.04. The molecule has 0 aromatic rings. The van der Waals surface area contributed by atoms with Crippen LogP contribution >= 0.6 is 0 Å². The molecule has 0 spiro atoms. The number of hydrogen-bond acceptors (Lipinski definition) is 3. The number of nitrogens with two attached hydrogens (primary N) is 1. The molecule has 1 atom stereocenters. The van der Waals surface area contributed by atoms with Gasteiger partial charge >= 0.3 is 0 Å². The van der Waals surface area contributed by atoms with Crippen LogP contribution in [0.4, 0.5) is 0 Å². The molecule has 0 heterocycles. The van der Waals surface area contributed by atoms with Crippen molar-refractivity contribution in [1.82, 2.24) is 5.32 Å². The van der Waals surface area contributed by atoms with E-state index in [2.05, 4.69) is 19.2 Å². The van der Waals surface area contributed by atoms with E-state index in [1.165, 1.54) is 0 Å². The van der Waals surface area contributed by atoms with Crippen LogP contribution in [0.25, 0.3) is 0 Å². The first-order valence-electron chi connectivity index (χ1n) is 6.66. The van der Waals surface area contributed by atoms with Gasteiger partial charge in [0.25, 0.3) is 0 Å². The third-order valence-corrected chi connectivity index (χ3v) is 3.31. The summed E-state index contributed by atoms with van der Waals surface area (Å²) in [6.45, 7) is 7.58. The maximum Gasteiger partial charge on any atom is 0.248 e.